The molecular weight excluding hydrogens is 364 g/mol. The van der Waals surface area contributed by atoms with Crippen molar-refractivity contribution in [2.75, 3.05) is 25.1 Å². The highest BCUT2D eigenvalue weighted by Gasteiger charge is 2.19. The van der Waals surface area contributed by atoms with Crippen molar-refractivity contribution in [3.05, 3.63) is 54.1 Å². The molecule has 0 bridgehead atoms. The predicted octanol–water partition coefficient (Wildman–Crippen LogP) is 4.58. The van der Waals surface area contributed by atoms with Gasteiger partial charge in [0.05, 0.1) is 13.2 Å². The predicted molar refractivity (Wildman–Crippen MR) is 117 cm³/mol. The molecule has 0 unspecified atom stereocenters. The zero-order chi connectivity index (χ0) is 20.8. The number of carbonyl (C=O) groups is 1. The Balaban J connectivity index is 1.55. The lowest BCUT2D eigenvalue weighted by Gasteiger charge is -2.33. The first-order valence-electron chi connectivity index (χ1n) is 10.4. The lowest BCUT2D eigenvalue weighted by molar-refractivity contribution is -0.127. The molecule has 0 radical (unpaired) electrons. The fraction of sp³-hybridized carbons (Fsp3) is 0.458. The van der Waals surface area contributed by atoms with E-state index in [9.17, 15) is 4.79 Å². The number of benzene rings is 2. The van der Waals surface area contributed by atoms with Crippen LogP contribution >= 0.6 is 0 Å². The monoisotopic (exact) mass is 396 g/mol. The molecule has 1 fully saturated rings. The summed E-state index contributed by atoms with van der Waals surface area (Å²) in [7, 11) is 1.61. The van der Waals surface area contributed by atoms with Crippen LogP contribution in [0.3, 0.4) is 0 Å². The van der Waals surface area contributed by atoms with Crippen molar-refractivity contribution in [3.8, 4) is 11.5 Å². The maximum absolute atomic E-state index is 12.6. The Bertz CT molecular complexity index is 806. The fourth-order valence-corrected chi connectivity index (χ4v) is 3.74. The number of hydrogen-bond donors (Lipinski definition) is 1. The van der Waals surface area contributed by atoms with Crippen molar-refractivity contribution in [1.29, 1.82) is 0 Å². The first kappa shape index (κ1) is 21.0. The van der Waals surface area contributed by atoms with Gasteiger partial charge in [-0.2, -0.15) is 0 Å². The van der Waals surface area contributed by atoms with Crippen LogP contribution in [0.1, 0.15) is 45.2 Å². The molecule has 5 nitrogen and oxygen atoms in total. The summed E-state index contributed by atoms with van der Waals surface area (Å²) in [5.41, 5.74) is 2.34. The molecule has 0 aromatic heterocycles. The van der Waals surface area contributed by atoms with E-state index in [2.05, 4.69) is 41.4 Å². The standard InChI is InChI=1S/C24H32N2O3/c1-17-7-6-14-26(16-17)21-12-10-20(11-13-21)18(2)25-24(27)19(3)29-23-9-5-8-22(15-23)28-4/h5,8-13,15,17-19H,6-7,14,16H2,1-4H3,(H,25,27)/t17-,18+,19-/m1/s1. The minimum atomic E-state index is -0.598. The Hall–Kier alpha value is -2.69. The van der Waals surface area contributed by atoms with Gasteiger partial charge in [0.25, 0.3) is 5.91 Å². The van der Waals surface area contributed by atoms with Crippen molar-refractivity contribution in [3.63, 3.8) is 0 Å². The maximum Gasteiger partial charge on any atom is 0.261 e. The quantitative estimate of drug-likeness (QED) is 0.744. The van der Waals surface area contributed by atoms with Crippen LogP contribution in [0.4, 0.5) is 5.69 Å². The van der Waals surface area contributed by atoms with Gasteiger partial charge in [-0.3, -0.25) is 4.79 Å². The molecule has 1 N–H and O–H groups in total. The van der Waals surface area contributed by atoms with Gasteiger partial charge < -0.3 is 19.7 Å². The molecule has 156 valence electrons. The number of nitrogens with zero attached hydrogens (tertiary/aromatic N) is 1. The highest BCUT2D eigenvalue weighted by atomic mass is 16.5. The Morgan fingerprint density at radius 1 is 1.14 bits per heavy atom. The second kappa shape index (κ2) is 9.68. The summed E-state index contributed by atoms with van der Waals surface area (Å²) in [4.78, 5) is 15.0. The smallest absolute Gasteiger partial charge is 0.261 e. The number of methoxy groups -OCH3 is 1. The summed E-state index contributed by atoms with van der Waals surface area (Å²) in [6.07, 6.45) is 1.97. The zero-order valence-corrected chi connectivity index (χ0v) is 17.9. The highest BCUT2D eigenvalue weighted by Crippen LogP contribution is 2.25. The Kier molecular flexibility index (Phi) is 7.02. The van der Waals surface area contributed by atoms with Gasteiger partial charge >= 0.3 is 0 Å². The zero-order valence-electron chi connectivity index (χ0n) is 17.9. The SMILES string of the molecule is COc1cccc(O[C@H](C)C(=O)N[C@@H](C)c2ccc(N3CCC[C@@H](C)C3)cc2)c1. The second-order valence-corrected chi connectivity index (χ2v) is 7.95. The summed E-state index contributed by atoms with van der Waals surface area (Å²) in [6, 6.07) is 15.7. The van der Waals surface area contributed by atoms with Crippen LogP contribution in [0.15, 0.2) is 48.5 Å². The van der Waals surface area contributed by atoms with Gasteiger partial charge in [0.2, 0.25) is 0 Å². The largest absolute Gasteiger partial charge is 0.497 e. The number of piperidine rings is 1. The number of carbonyl (C=O) groups excluding carboxylic acids is 1. The van der Waals surface area contributed by atoms with E-state index < -0.39 is 6.10 Å². The molecule has 2 aromatic carbocycles. The van der Waals surface area contributed by atoms with Crippen molar-refractivity contribution in [2.24, 2.45) is 5.92 Å². The average molecular weight is 397 g/mol. The van der Waals surface area contributed by atoms with Crippen LogP contribution in [-0.2, 0) is 4.79 Å². The van der Waals surface area contributed by atoms with Gasteiger partial charge in [-0.05, 0) is 62.4 Å². The number of anilines is 1. The maximum atomic E-state index is 12.6. The van der Waals surface area contributed by atoms with E-state index in [1.165, 1.54) is 18.5 Å². The van der Waals surface area contributed by atoms with E-state index >= 15 is 0 Å². The van der Waals surface area contributed by atoms with Crippen LogP contribution in [0, 0.1) is 5.92 Å². The second-order valence-electron chi connectivity index (χ2n) is 7.95. The van der Waals surface area contributed by atoms with Gasteiger partial charge in [0.1, 0.15) is 11.5 Å². The van der Waals surface area contributed by atoms with Crippen LogP contribution in [-0.4, -0.2) is 32.2 Å². The van der Waals surface area contributed by atoms with Gasteiger partial charge in [0.15, 0.2) is 6.10 Å². The topological polar surface area (TPSA) is 50.8 Å². The number of rotatable bonds is 7. The molecule has 1 aliphatic rings. The Morgan fingerprint density at radius 3 is 2.55 bits per heavy atom. The normalized spacial score (nSPS) is 18.6. The Labute approximate surface area is 174 Å². The van der Waals surface area contributed by atoms with Crippen LogP contribution in [0.2, 0.25) is 0 Å². The summed E-state index contributed by atoms with van der Waals surface area (Å²) in [5, 5.41) is 3.04. The molecule has 2 aromatic rings. The third-order valence-corrected chi connectivity index (χ3v) is 5.50. The number of amides is 1. The molecule has 0 saturated carbocycles. The highest BCUT2D eigenvalue weighted by molar-refractivity contribution is 5.81. The minimum absolute atomic E-state index is 0.0896. The van der Waals surface area contributed by atoms with Crippen LogP contribution < -0.4 is 19.7 Å². The number of ether oxygens (including phenoxy) is 2. The van der Waals surface area contributed by atoms with E-state index in [0.29, 0.717) is 11.5 Å². The van der Waals surface area contributed by atoms with Crippen molar-refractivity contribution >= 4 is 11.6 Å². The van der Waals surface area contributed by atoms with Crippen molar-refractivity contribution in [2.45, 2.75) is 45.8 Å². The fourth-order valence-electron chi connectivity index (χ4n) is 3.74. The first-order chi connectivity index (χ1) is 14.0. The summed E-state index contributed by atoms with van der Waals surface area (Å²) in [5.74, 6) is 1.91. The third kappa shape index (κ3) is 5.66. The van der Waals surface area contributed by atoms with Gasteiger partial charge in [-0.1, -0.05) is 25.1 Å². The third-order valence-electron chi connectivity index (χ3n) is 5.50. The molecule has 5 heteroatoms. The summed E-state index contributed by atoms with van der Waals surface area (Å²) >= 11 is 0. The molecule has 0 aliphatic carbocycles. The molecular formula is C24H32N2O3. The van der Waals surface area contributed by atoms with Gasteiger partial charge in [-0.25, -0.2) is 0 Å². The number of nitrogens with one attached hydrogen (secondary N) is 1. The van der Waals surface area contributed by atoms with E-state index in [1.807, 2.05) is 25.1 Å². The molecule has 1 amide bonds. The molecule has 1 heterocycles. The van der Waals surface area contributed by atoms with E-state index in [4.69, 9.17) is 9.47 Å². The number of hydrogen-bond acceptors (Lipinski definition) is 4. The van der Waals surface area contributed by atoms with E-state index in [-0.39, 0.29) is 11.9 Å². The van der Waals surface area contributed by atoms with Crippen molar-refractivity contribution in [1.82, 2.24) is 5.32 Å². The minimum Gasteiger partial charge on any atom is -0.497 e. The lowest BCUT2D eigenvalue weighted by atomic mass is 9.99. The summed E-state index contributed by atoms with van der Waals surface area (Å²) < 4.78 is 11.0. The molecule has 3 rings (SSSR count). The molecule has 0 spiro atoms. The summed E-state index contributed by atoms with van der Waals surface area (Å²) in [6.45, 7) is 8.29. The van der Waals surface area contributed by atoms with Crippen LogP contribution in [0.25, 0.3) is 0 Å². The molecule has 1 aliphatic heterocycles. The van der Waals surface area contributed by atoms with Crippen molar-refractivity contribution < 1.29 is 14.3 Å². The van der Waals surface area contributed by atoms with E-state index in [1.54, 1.807) is 20.1 Å². The van der Waals surface area contributed by atoms with Gasteiger partial charge in [-0.15, -0.1) is 0 Å². The lowest BCUT2D eigenvalue weighted by Crippen LogP contribution is -2.37. The van der Waals surface area contributed by atoms with E-state index in [0.717, 1.165) is 24.6 Å². The average Bonchev–Trinajstić information content (AvgIpc) is 2.74. The molecule has 1 saturated heterocycles. The Morgan fingerprint density at radius 2 is 1.86 bits per heavy atom. The van der Waals surface area contributed by atoms with Crippen LogP contribution in [0.5, 0.6) is 11.5 Å². The molecule has 3 atom stereocenters. The van der Waals surface area contributed by atoms with Gasteiger partial charge in [0, 0.05) is 24.8 Å². The molecule has 29 heavy (non-hydrogen) atoms. The first-order valence-corrected chi connectivity index (χ1v) is 10.4.